The van der Waals surface area contributed by atoms with Gasteiger partial charge in [-0.2, -0.15) is 0 Å². The number of nitrogens with zero attached hydrogens (tertiary/aromatic N) is 1. The number of hydrogen-bond donors (Lipinski definition) is 2. The summed E-state index contributed by atoms with van der Waals surface area (Å²) in [4.78, 5) is 12.2. The summed E-state index contributed by atoms with van der Waals surface area (Å²) in [5.74, 6) is 0.651. The number of anilines is 1. The van der Waals surface area contributed by atoms with Gasteiger partial charge in [0.05, 0.1) is 12.2 Å². The Morgan fingerprint density at radius 3 is 2.71 bits per heavy atom. The number of carbonyl (C=O) groups is 1. The highest BCUT2D eigenvalue weighted by molar-refractivity contribution is 5.93. The lowest BCUT2D eigenvalue weighted by molar-refractivity contribution is 0.0936. The van der Waals surface area contributed by atoms with E-state index in [1.807, 2.05) is 48.7 Å². The molecule has 0 aliphatic heterocycles. The smallest absolute Gasteiger partial charge is 0.268 e. The third kappa shape index (κ3) is 4.02. The number of rotatable bonds is 6. The quantitative estimate of drug-likeness (QED) is 0.802. The molecule has 0 atom stereocenters. The van der Waals surface area contributed by atoms with E-state index in [4.69, 9.17) is 10.5 Å². The average molecular weight is 287 g/mol. The van der Waals surface area contributed by atoms with Crippen LogP contribution in [0.15, 0.2) is 42.6 Å². The standard InChI is InChI=1S/C16H21N3O2/c1-12(2)19-11-13(17)10-15(19)16(20)18-8-9-21-14-6-4-3-5-7-14/h3-7,10-12H,8-9,17H2,1-2H3,(H,18,20). The topological polar surface area (TPSA) is 69.3 Å². The van der Waals surface area contributed by atoms with Crippen LogP contribution in [0, 0.1) is 0 Å². The second kappa shape index (κ2) is 6.83. The van der Waals surface area contributed by atoms with Crippen molar-refractivity contribution in [2.24, 2.45) is 0 Å². The fraction of sp³-hybridized carbons (Fsp3) is 0.312. The van der Waals surface area contributed by atoms with Crippen molar-refractivity contribution < 1.29 is 9.53 Å². The SMILES string of the molecule is CC(C)n1cc(N)cc1C(=O)NCCOc1ccccc1. The maximum Gasteiger partial charge on any atom is 0.268 e. The predicted molar refractivity (Wildman–Crippen MR) is 83.5 cm³/mol. The van der Waals surface area contributed by atoms with E-state index >= 15 is 0 Å². The van der Waals surface area contributed by atoms with Crippen molar-refractivity contribution in [3.8, 4) is 5.75 Å². The Labute approximate surface area is 124 Å². The Hall–Kier alpha value is -2.43. The lowest BCUT2D eigenvalue weighted by Gasteiger charge is -2.13. The molecule has 0 spiro atoms. The lowest BCUT2D eigenvalue weighted by atomic mass is 10.3. The van der Waals surface area contributed by atoms with E-state index < -0.39 is 0 Å². The first-order valence-electron chi connectivity index (χ1n) is 7.01. The molecule has 1 heterocycles. The molecule has 2 rings (SSSR count). The van der Waals surface area contributed by atoms with Crippen molar-refractivity contribution in [2.75, 3.05) is 18.9 Å². The number of nitrogens with two attached hydrogens (primary N) is 1. The second-order valence-corrected chi connectivity index (χ2v) is 5.08. The molecule has 0 saturated carbocycles. The zero-order valence-electron chi connectivity index (χ0n) is 12.4. The largest absolute Gasteiger partial charge is 0.492 e. The Bertz CT molecular complexity index is 591. The van der Waals surface area contributed by atoms with Crippen LogP contribution in [-0.2, 0) is 0 Å². The number of ether oxygens (including phenoxy) is 1. The first-order chi connectivity index (χ1) is 10.1. The Morgan fingerprint density at radius 1 is 1.33 bits per heavy atom. The number of nitrogen functional groups attached to an aromatic ring is 1. The van der Waals surface area contributed by atoms with Crippen molar-refractivity contribution in [2.45, 2.75) is 19.9 Å². The van der Waals surface area contributed by atoms with E-state index in [0.717, 1.165) is 5.75 Å². The molecule has 5 nitrogen and oxygen atoms in total. The van der Waals surface area contributed by atoms with Crippen molar-refractivity contribution in [1.82, 2.24) is 9.88 Å². The Kier molecular flexibility index (Phi) is 4.87. The van der Waals surface area contributed by atoms with Gasteiger partial charge in [-0.15, -0.1) is 0 Å². The van der Waals surface area contributed by atoms with Gasteiger partial charge in [-0.1, -0.05) is 18.2 Å². The van der Waals surface area contributed by atoms with Crippen molar-refractivity contribution >= 4 is 11.6 Å². The normalized spacial score (nSPS) is 10.6. The van der Waals surface area contributed by atoms with Crippen molar-refractivity contribution in [3.63, 3.8) is 0 Å². The van der Waals surface area contributed by atoms with Crippen LogP contribution in [0.1, 0.15) is 30.4 Å². The first kappa shape index (κ1) is 15.0. The molecule has 0 fully saturated rings. The van der Waals surface area contributed by atoms with Crippen LogP contribution in [0.2, 0.25) is 0 Å². The molecule has 1 aromatic heterocycles. The van der Waals surface area contributed by atoms with E-state index in [9.17, 15) is 4.79 Å². The van der Waals surface area contributed by atoms with Gasteiger partial charge in [0.2, 0.25) is 0 Å². The van der Waals surface area contributed by atoms with Crippen LogP contribution >= 0.6 is 0 Å². The molecule has 0 bridgehead atoms. The molecule has 5 heteroatoms. The van der Waals surface area contributed by atoms with Gasteiger partial charge in [0.15, 0.2) is 0 Å². The molecular weight excluding hydrogens is 266 g/mol. The third-order valence-corrected chi connectivity index (χ3v) is 3.06. The number of para-hydroxylation sites is 1. The molecule has 112 valence electrons. The number of hydrogen-bond acceptors (Lipinski definition) is 3. The Balaban J connectivity index is 1.85. The Morgan fingerprint density at radius 2 is 2.05 bits per heavy atom. The van der Waals surface area contributed by atoms with Crippen LogP contribution < -0.4 is 15.8 Å². The summed E-state index contributed by atoms with van der Waals surface area (Å²) in [7, 11) is 0. The average Bonchev–Trinajstić information content (AvgIpc) is 2.87. The summed E-state index contributed by atoms with van der Waals surface area (Å²) < 4.78 is 7.39. The van der Waals surface area contributed by atoms with Crippen LogP contribution in [0.4, 0.5) is 5.69 Å². The van der Waals surface area contributed by atoms with Crippen molar-refractivity contribution in [3.05, 3.63) is 48.3 Å². The van der Waals surface area contributed by atoms with Gasteiger partial charge in [0.25, 0.3) is 5.91 Å². The summed E-state index contributed by atoms with van der Waals surface area (Å²) in [6.07, 6.45) is 1.78. The maximum absolute atomic E-state index is 12.2. The fourth-order valence-electron chi connectivity index (χ4n) is 2.05. The van der Waals surface area contributed by atoms with Gasteiger partial charge in [-0.25, -0.2) is 0 Å². The summed E-state index contributed by atoms with van der Waals surface area (Å²) in [5, 5.41) is 2.84. The van der Waals surface area contributed by atoms with E-state index in [1.54, 1.807) is 12.3 Å². The molecule has 2 aromatic rings. The third-order valence-electron chi connectivity index (χ3n) is 3.06. The number of amides is 1. The number of aromatic nitrogens is 1. The minimum absolute atomic E-state index is 0.142. The second-order valence-electron chi connectivity index (χ2n) is 5.08. The lowest BCUT2D eigenvalue weighted by Crippen LogP contribution is -2.30. The van der Waals surface area contributed by atoms with Gasteiger partial charge in [0.1, 0.15) is 18.1 Å². The maximum atomic E-state index is 12.2. The molecule has 0 radical (unpaired) electrons. The van der Waals surface area contributed by atoms with Crippen molar-refractivity contribution in [1.29, 1.82) is 0 Å². The zero-order chi connectivity index (χ0) is 15.2. The number of nitrogens with one attached hydrogen (secondary N) is 1. The highest BCUT2D eigenvalue weighted by atomic mass is 16.5. The number of benzene rings is 1. The minimum Gasteiger partial charge on any atom is -0.492 e. The molecule has 3 N–H and O–H groups in total. The first-order valence-corrected chi connectivity index (χ1v) is 7.01. The van der Waals surface area contributed by atoms with E-state index in [2.05, 4.69) is 5.32 Å². The van der Waals surface area contributed by atoms with Gasteiger partial charge in [0, 0.05) is 12.2 Å². The zero-order valence-corrected chi connectivity index (χ0v) is 12.4. The molecule has 21 heavy (non-hydrogen) atoms. The van der Waals surface area contributed by atoms with Crippen LogP contribution in [0.3, 0.4) is 0 Å². The molecule has 0 unspecified atom stereocenters. The molecule has 1 amide bonds. The van der Waals surface area contributed by atoms with Crippen LogP contribution in [-0.4, -0.2) is 23.6 Å². The van der Waals surface area contributed by atoms with E-state index in [-0.39, 0.29) is 11.9 Å². The summed E-state index contributed by atoms with van der Waals surface area (Å²) in [5.41, 5.74) is 6.92. The predicted octanol–water partition coefficient (Wildman–Crippen LogP) is 2.46. The summed E-state index contributed by atoms with van der Waals surface area (Å²) in [6.45, 7) is 4.88. The van der Waals surface area contributed by atoms with Gasteiger partial charge >= 0.3 is 0 Å². The van der Waals surface area contributed by atoms with Gasteiger partial charge in [-0.05, 0) is 32.0 Å². The molecule has 0 aliphatic carbocycles. The van der Waals surface area contributed by atoms with Crippen LogP contribution in [0.25, 0.3) is 0 Å². The summed E-state index contributed by atoms with van der Waals surface area (Å²) in [6, 6.07) is 11.4. The van der Waals surface area contributed by atoms with E-state index in [0.29, 0.717) is 24.5 Å². The highest BCUT2D eigenvalue weighted by Crippen LogP contribution is 2.16. The fourth-order valence-corrected chi connectivity index (χ4v) is 2.05. The minimum atomic E-state index is -0.142. The number of carbonyl (C=O) groups excluding carboxylic acids is 1. The monoisotopic (exact) mass is 287 g/mol. The molecular formula is C16H21N3O2. The molecule has 0 aliphatic rings. The summed E-state index contributed by atoms with van der Waals surface area (Å²) >= 11 is 0. The van der Waals surface area contributed by atoms with E-state index in [1.165, 1.54) is 0 Å². The highest BCUT2D eigenvalue weighted by Gasteiger charge is 2.14. The van der Waals surface area contributed by atoms with Gasteiger partial charge in [-0.3, -0.25) is 4.79 Å². The van der Waals surface area contributed by atoms with Crippen LogP contribution in [0.5, 0.6) is 5.75 Å². The van der Waals surface area contributed by atoms with Gasteiger partial charge < -0.3 is 20.4 Å². The molecule has 1 aromatic carbocycles. The molecule has 0 saturated heterocycles.